The Hall–Kier alpha value is -2.11. The van der Waals surface area contributed by atoms with Gasteiger partial charge in [-0.1, -0.05) is 6.07 Å². The van der Waals surface area contributed by atoms with Crippen molar-refractivity contribution in [3.05, 3.63) is 54.4 Å². The minimum Gasteiger partial charge on any atom is -0.494 e. The summed E-state index contributed by atoms with van der Waals surface area (Å²) >= 11 is 0. The Morgan fingerprint density at radius 3 is 2.57 bits per heavy atom. The lowest BCUT2D eigenvalue weighted by atomic mass is 9.99. The minimum atomic E-state index is 0.527. The van der Waals surface area contributed by atoms with E-state index in [1.54, 1.807) is 0 Å². The normalized spacial score (nSPS) is 16.7. The van der Waals surface area contributed by atoms with Gasteiger partial charge < -0.3 is 20.3 Å². The van der Waals surface area contributed by atoms with E-state index in [2.05, 4.69) is 52.0 Å². The number of nitrogens with two attached hydrogens (primary N) is 1. The van der Waals surface area contributed by atoms with E-state index in [4.69, 9.17) is 10.5 Å². The molecular weight excluding hydrogens is 348 g/mol. The van der Waals surface area contributed by atoms with Crippen LogP contribution in [-0.4, -0.2) is 48.2 Å². The van der Waals surface area contributed by atoms with Gasteiger partial charge in [0.25, 0.3) is 0 Å². The Kier molecular flexibility index (Phi) is 7.69. The highest BCUT2D eigenvalue weighted by Crippen LogP contribution is 2.28. The van der Waals surface area contributed by atoms with Crippen molar-refractivity contribution in [1.29, 1.82) is 0 Å². The fourth-order valence-corrected chi connectivity index (χ4v) is 4.08. The lowest BCUT2D eigenvalue weighted by molar-refractivity contribution is 0.154. The molecule has 0 spiro atoms. The van der Waals surface area contributed by atoms with E-state index in [0.29, 0.717) is 18.7 Å². The molecule has 1 aromatic heterocycles. The predicted octanol–water partition coefficient (Wildman–Crippen LogP) is 3.69. The number of rotatable bonds is 9. The highest BCUT2D eigenvalue weighted by Gasteiger charge is 2.27. The summed E-state index contributed by atoms with van der Waals surface area (Å²) in [6.07, 6.45) is 7.22. The molecule has 1 aromatic carbocycles. The zero-order valence-corrected chi connectivity index (χ0v) is 17.3. The van der Waals surface area contributed by atoms with Crippen molar-refractivity contribution in [3.8, 4) is 5.75 Å². The van der Waals surface area contributed by atoms with Crippen LogP contribution in [0.25, 0.3) is 0 Å². The summed E-state index contributed by atoms with van der Waals surface area (Å²) in [5, 5.41) is 0. The van der Waals surface area contributed by atoms with Gasteiger partial charge in [-0.2, -0.15) is 0 Å². The maximum absolute atomic E-state index is 5.76. The number of piperidine rings is 1. The van der Waals surface area contributed by atoms with E-state index in [1.807, 2.05) is 25.4 Å². The number of aromatic nitrogens is 1. The molecule has 0 bridgehead atoms. The molecule has 3 rings (SSSR count). The van der Waals surface area contributed by atoms with Crippen LogP contribution in [-0.2, 0) is 6.54 Å². The highest BCUT2D eigenvalue weighted by atomic mass is 16.5. The number of pyridine rings is 1. The monoisotopic (exact) mass is 382 g/mol. The third-order valence-electron chi connectivity index (χ3n) is 5.70. The van der Waals surface area contributed by atoms with E-state index in [9.17, 15) is 0 Å². The number of benzene rings is 1. The van der Waals surface area contributed by atoms with Crippen molar-refractivity contribution in [1.82, 2.24) is 9.88 Å². The van der Waals surface area contributed by atoms with Crippen LogP contribution < -0.4 is 15.4 Å². The van der Waals surface area contributed by atoms with Crippen LogP contribution in [0.1, 0.15) is 38.7 Å². The summed E-state index contributed by atoms with van der Waals surface area (Å²) in [6, 6.07) is 13.8. The summed E-state index contributed by atoms with van der Waals surface area (Å²) in [7, 11) is 0. The fraction of sp³-hybridized carbons (Fsp3) is 0.522. The van der Waals surface area contributed by atoms with Crippen LogP contribution >= 0.6 is 0 Å². The van der Waals surface area contributed by atoms with Crippen LogP contribution in [0.15, 0.2) is 48.8 Å². The van der Waals surface area contributed by atoms with Gasteiger partial charge in [0.1, 0.15) is 5.75 Å². The quantitative estimate of drug-likeness (QED) is 0.717. The van der Waals surface area contributed by atoms with Gasteiger partial charge in [-0.05, 0) is 75.5 Å². The Bertz CT molecular complexity index is 684. The molecule has 5 heteroatoms. The molecule has 1 atom stereocenters. The predicted molar refractivity (Wildman–Crippen MR) is 116 cm³/mol. The van der Waals surface area contributed by atoms with Crippen LogP contribution in [0.3, 0.4) is 0 Å². The molecule has 1 fully saturated rings. The van der Waals surface area contributed by atoms with Crippen LogP contribution in [0, 0.1) is 0 Å². The van der Waals surface area contributed by atoms with Crippen molar-refractivity contribution in [2.75, 3.05) is 31.1 Å². The molecule has 28 heavy (non-hydrogen) atoms. The van der Waals surface area contributed by atoms with Gasteiger partial charge in [0.05, 0.1) is 6.61 Å². The van der Waals surface area contributed by atoms with Crippen molar-refractivity contribution in [2.24, 2.45) is 5.73 Å². The maximum Gasteiger partial charge on any atom is 0.119 e. The van der Waals surface area contributed by atoms with Crippen molar-refractivity contribution >= 4 is 5.69 Å². The molecule has 152 valence electrons. The third kappa shape index (κ3) is 5.46. The Balaban J connectivity index is 1.73. The number of anilines is 1. The van der Waals surface area contributed by atoms with E-state index in [1.165, 1.54) is 24.1 Å². The molecule has 0 radical (unpaired) electrons. The maximum atomic E-state index is 5.76. The first-order valence-corrected chi connectivity index (χ1v) is 10.5. The number of hydrogen-bond donors (Lipinski definition) is 1. The Labute approximate surface area is 169 Å². The molecule has 0 unspecified atom stereocenters. The first-order chi connectivity index (χ1) is 13.7. The van der Waals surface area contributed by atoms with Crippen molar-refractivity contribution in [3.63, 3.8) is 0 Å². The lowest BCUT2D eigenvalue weighted by Crippen LogP contribution is -2.47. The second-order valence-electron chi connectivity index (χ2n) is 7.61. The number of likely N-dealkylation sites (tertiary alicyclic amines) is 1. The van der Waals surface area contributed by atoms with E-state index < -0.39 is 0 Å². The Morgan fingerprint density at radius 2 is 1.96 bits per heavy atom. The molecular formula is C23H34N4O. The molecule has 1 aliphatic rings. The van der Waals surface area contributed by atoms with Gasteiger partial charge in [0.15, 0.2) is 0 Å². The molecule has 2 aromatic rings. The molecule has 0 saturated carbocycles. The van der Waals surface area contributed by atoms with Crippen molar-refractivity contribution in [2.45, 2.75) is 51.7 Å². The fourth-order valence-electron chi connectivity index (χ4n) is 4.08. The van der Waals surface area contributed by atoms with Gasteiger partial charge in [-0.15, -0.1) is 0 Å². The third-order valence-corrected chi connectivity index (χ3v) is 5.70. The summed E-state index contributed by atoms with van der Waals surface area (Å²) < 4.78 is 5.62. The van der Waals surface area contributed by atoms with E-state index >= 15 is 0 Å². The molecule has 2 N–H and O–H groups in total. The first-order valence-electron chi connectivity index (χ1n) is 10.5. The van der Waals surface area contributed by atoms with Crippen LogP contribution in [0.4, 0.5) is 5.69 Å². The summed E-state index contributed by atoms with van der Waals surface area (Å²) in [4.78, 5) is 9.43. The smallest absolute Gasteiger partial charge is 0.119 e. The second kappa shape index (κ2) is 10.4. The number of hydrogen-bond acceptors (Lipinski definition) is 5. The summed E-state index contributed by atoms with van der Waals surface area (Å²) in [6.45, 7) is 8.91. The number of nitrogens with zero attached hydrogens (tertiary/aromatic N) is 3. The van der Waals surface area contributed by atoms with Gasteiger partial charge in [-0.3, -0.25) is 4.98 Å². The largest absolute Gasteiger partial charge is 0.494 e. The minimum absolute atomic E-state index is 0.527. The first kappa shape index (κ1) is 20.6. The topological polar surface area (TPSA) is 54.6 Å². The lowest BCUT2D eigenvalue weighted by Gasteiger charge is -2.42. The van der Waals surface area contributed by atoms with Crippen molar-refractivity contribution < 1.29 is 4.74 Å². The Morgan fingerprint density at radius 1 is 1.21 bits per heavy atom. The molecule has 1 aliphatic heterocycles. The number of ether oxygens (including phenoxy) is 1. The molecule has 2 heterocycles. The summed E-state index contributed by atoms with van der Waals surface area (Å²) in [5.74, 6) is 0.929. The van der Waals surface area contributed by atoms with Gasteiger partial charge in [0, 0.05) is 49.8 Å². The highest BCUT2D eigenvalue weighted by molar-refractivity contribution is 5.50. The average Bonchev–Trinajstić information content (AvgIpc) is 2.74. The standard InChI is InChI=1S/C23H34N4O/c1-3-28-23-8-6-21(7-9-23)27(18-20-5-4-14-25-17-20)22-11-15-26(16-12-22)19(2)10-13-24/h4-9,14,17,19,22H,3,10-13,15-16,18,24H2,1-2H3/t19-/m1/s1. The molecule has 0 amide bonds. The van der Waals surface area contributed by atoms with Crippen LogP contribution in [0.5, 0.6) is 5.75 Å². The SMILES string of the molecule is CCOc1ccc(N(Cc2cccnc2)C2CCN([C@H](C)CCN)CC2)cc1. The second-order valence-corrected chi connectivity index (χ2v) is 7.61. The summed E-state index contributed by atoms with van der Waals surface area (Å²) in [5.41, 5.74) is 8.25. The van der Waals surface area contributed by atoms with Gasteiger partial charge in [0.2, 0.25) is 0 Å². The van der Waals surface area contributed by atoms with E-state index in [-0.39, 0.29) is 0 Å². The zero-order valence-electron chi connectivity index (χ0n) is 17.3. The molecule has 5 nitrogen and oxygen atoms in total. The van der Waals surface area contributed by atoms with Crippen LogP contribution in [0.2, 0.25) is 0 Å². The molecule has 0 aliphatic carbocycles. The van der Waals surface area contributed by atoms with Gasteiger partial charge in [-0.25, -0.2) is 0 Å². The zero-order chi connectivity index (χ0) is 19.8. The van der Waals surface area contributed by atoms with E-state index in [0.717, 1.165) is 38.3 Å². The van der Waals surface area contributed by atoms with Gasteiger partial charge >= 0.3 is 0 Å². The average molecular weight is 383 g/mol. The molecule has 1 saturated heterocycles.